The summed E-state index contributed by atoms with van der Waals surface area (Å²) in [6, 6.07) is 14.8. The molecule has 1 saturated heterocycles. The van der Waals surface area contributed by atoms with Gasteiger partial charge in [-0.1, -0.05) is 30.7 Å². The first-order valence-electron chi connectivity index (χ1n) is 10.1. The number of hydrogen-bond donors (Lipinski definition) is 1. The zero-order chi connectivity index (χ0) is 20.3. The molecule has 2 aliphatic rings. The molecule has 0 aliphatic carbocycles. The minimum absolute atomic E-state index is 0.0277. The van der Waals surface area contributed by atoms with Gasteiger partial charge in [0, 0.05) is 23.5 Å². The average Bonchev–Trinajstić information content (AvgIpc) is 2.99. The van der Waals surface area contributed by atoms with Crippen LogP contribution in [-0.2, 0) is 9.84 Å². The van der Waals surface area contributed by atoms with Crippen LogP contribution in [0.5, 0.6) is 0 Å². The number of likely N-dealkylation sites (tertiary alicyclic amines) is 1. The van der Waals surface area contributed by atoms with Gasteiger partial charge in [0.05, 0.1) is 15.9 Å². The molecule has 0 saturated carbocycles. The smallest absolute Gasteiger partial charge is 0.251 e. The van der Waals surface area contributed by atoms with Gasteiger partial charge in [0.2, 0.25) is 0 Å². The van der Waals surface area contributed by atoms with Crippen LogP contribution in [0, 0.1) is 0 Å². The molecule has 29 heavy (non-hydrogen) atoms. The van der Waals surface area contributed by atoms with Crippen molar-refractivity contribution >= 4 is 27.5 Å². The predicted molar refractivity (Wildman–Crippen MR) is 116 cm³/mol. The number of benzene rings is 2. The van der Waals surface area contributed by atoms with Gasteiger partial charge in [-0.05, 0) is 55.8 Å². The van der Waals surface area contributed by atoms with Crippen LogP contribution in [0.3, 0.4) is 0 Å². The van der Waals surface area contributed by atoms with Crippen molar-refractivity contribution in [3.05, 3.63) is 59.7 Å². The van der Waals surface area contributed by atoms with Gasteiger partial charge in [0.25, 0.3) is 5.91 Å². The fraction of sp³-hybridized carbons (Fsp3) is 0.409. The molecule has 1 atom stereocenters. The molecule has 0 radical (unpaired) electrons. The molecule has 154 valence electrons. The molecular weight excluding hydrogens is 404 g/mol. The van der Waals surface area contributed by atoms with E-state index in [9.17, 15) is 13.2 Å². The number of thioether (sulfide) groups is 1. The van der Waals surface area contributed by atoms with Crippen LogP contribution in [0.2, 0.25) is 0 Å². The average molecular weight is 431 g/mol. The lowest BCUT2D eigenvalue weighted by Crippen LogP contribution is -2.37. The van der Waals surface area contributed by atoms with E-state index in [1.807, 2.05) is 30.3 Å². The second kappa shape index (κ2) is 8.90. The third-order valence-corrected chi connectivity index (χ3v) is 8.76. The summed E-state index contributed by atoms with van der Waals surface area (Å²) in [4.78, 5) is 16.6. The van der Waals surface area contributed by atoms with Crippen molar-refractivity contribution < 1.29 is 13.2 Å². The summed E-state index contributed by atoms with van der Waals surface area (Å²) >= 11 is 1.51. The largest absolute Gasteiger partial charge is 0.351 e. The normalized spacial score (nSPS) is 20.9. The summed E-state index contributed by atoms with van der Waals surface area (Å²) in [7, 11) is -3.38. The summed E-state index contributed by atoms with van der Waals surface area (Å²) in [5.41, 5.74) is 1.13. The molecule has 1 N–H and O–H groups in total. The number of carbonyl (C=O) groups excluding carboxylic acids is 1. The number of nitrogens with one attached hydrogen (secondary N) is 1. The summed E-state index contributed by atoms with van der Waals surface area (Å²) < 4.78 is 25.4. The van der Waals surface area contributed by atoms with Gasteiger partial charge in [0.1, 0.15) is 0 Å². The highest BCUT2D eigenvalue weighted by molar-refractivity contribution is 8.01. The molecule has 0 spiro atoms. The Balaban J connectivity index is 1.52. The number of piperidine rings is 1. The molecular formula is C22H26N2O3S2. The van der Waals surface area contributed by atoms with Gasteiger partial charge < -0.3 is 10.2 Å². The van der Waals surface area contributed by atoms with Crippen LogP contribution in [0.25, 0.3) is 0 Å². The first kappa shape index (κ1) is 20.4. The Morgan fingerprint density at radius 1 is 1.03 bits per heavy atom. The predicted octanol–water partition coefficient (Wildman–Crippen LogP) is 3.52. The summed E-state index contributed by atoms with van der Waals surface area (Å²) in [6.45, 7) is 3.59. The number of nitrogens with zero attached hydrogens (tertiary/aromatic N) is 1. The number of rotatable bonds is 6. The zero-order valence-corrected chi connectivity index (χ0v) is 18.0. The molecule has 2 aromatic rings. The second-order valence-corrected chi connectivity index (χ2v) is 10.9. The summed E-state index contributed by atoms with van der Waals surface area (Å²) in [6.07, 6.45) is 3.72. The van der Waals surface area contributed by atoms with Crippen LogP contribution in [-0.4, -0.2) is 51.2 Å². The van der Waals surface area contributed by atoms with Gasteiger partial charge in [-0.25, -0.2) is 8.42 Å². The van der Waals surface area contributed by atoms with Gasteiger partial charge >= 0.3 is 0 Å². The molecule has 0 aromatic heterocycles. The van der Waals surface area contributed by atoms with Crippen LogP contribution >= 0.6 is 11.8 Å². The Hall–Kier alpha value is -1.83. The van der Waals surface area contributed by atoms with Crippen molar-refractivity contribution in [1.82, 2.24) is 10.2 Å². The lowest BCUT2D eigenvalue weighted by atomic mass is 10.0. The molecule has 1 fully saturated rings. The van der Waals surface area contributed by atoms with E-state index in [4.69, 9.17) is 0 Å². The quantitative estimate of drug-likeness (QED) is 0.760. The van der Waals surface area contributed by atoms with Gasteiger partial charge in [0.15, 0.2) is 9.84 Å². The molecule has 2 aromatic carbocycles. The number of hydrogen-bond acceptors (Lipinski definition) is 5. The Morgan fingerprint density at radius 3 is 2.55 bits per heavy atom. The van der Waals surface area contributed by atoms with E-state index < -0.39 is 9.84 Å². The molecule has 2 aliphatic heterocycles. The molecule has 4 rings (SSSR count). The van der Waals surface area contributed by atoms with E-state index in [-0.39, 0.29) is 16.9 Å². The number of sulfone groups is 1. The number of amides is 1. The highest BCUT2D eigenvalue weighted by Crippen LogP contribution is 2.46. The van der Waals surface area contributed by atoms with Gasteiger partial charge in [-0.2, -0.15) is 0 Å². The Labute approximate surface area is 176 Å². The molecule has 1 unspecified atom stereocenters. The Morgan fingerprint density at radius 2 is 1.79 bits per heavy atom. The van der Waals surface area contributed by atoms with Crippen molar-refractivity contribution in [2.75, 3.05) is 31.9 Å². The molecule has 7 heteroatoms. The third kappa shape index (κ3) is 4.68. The first-order valence-corrected chi connectivity index (χ1v) is 12.7. The minimum Gasteiger partial charge on any atom is -0.351 e. The molecule has 0 bridgehead atoms. The number of fused-ring (bicyclic) bond motifs is 1. The summed E-state index contributed by atoms with van der Waals surface area (Å²) in [5, 5.41) is 2.73. The molecule has 1 amide bonds. The van der Waals surface area contributed by atoms with Crippen LogP contribution < -0.4 is 5.32 Å². The van der Waals surface area contributed by atoms with E-state index >= 15 is 0 Å². The summed E-state index contributed by atoms with van der Waals surface area (Å²) in [5.74, 6) is -0.158. The van der Waals surface area contributed by atoms with Gasteiger partial charge in [-0.15, -0.1) is 11.8 Å². The third-order valence-electron chi connectivity index (χ3n) is 5.52. The van der Waals surface area contributed by atoms with E-state index in [2.05, 4.69) is 10.2 Å². The maximum Gasteiger partial charge on any atom is 0.251 e. The van der Waals surface area contributed by atoms with Crippen molar-refractivity contribution in [2.45, 2.75) is 34.3 Å². The monoisotopic (exact) mass is 430 g/mol. The topological polar surface area (TPSA) is 66.5 Å². The first-order chi connectivity index (χ1) is 14.0. The van der Waals surface area contributed by atoms with Crippen LogP contribution in [0.15, 0.2) is 58.3 Å². The van der Waals surface area contributed by atoms with Crippen LogP contribution in [0.1, 0.15) is 40.4 Å². The van der Waals surface area contributed by atoms with Crippen molar-refractivity contribution in [2.24, 2.45) is 0 Å². The lowest BCUT2D eigenvalue weighted by molar-refractivity contribution is 0.0945. The van der Waals surface area contributed by atoms with Crippen molar-refractivity contribution in [3.63, 3.8) is 0 Å². The second-order valence-electron chi connectivity index (χ2n) is 7.58. The lowest BCUT2D eigenvalue weighted by Gasteiger charge is -2.26. The Bertz CT molecular complexity index is 971. The maximum atomic E-state index is 12.9. The highest BCUT2D eigenvalue weighted by Gasteiger charge is 2.38. The van der Waals surface area contributed by atoms with E-state index in [0.717, 1.165) is 24.5 Å². The standard InChI is InChI=1S/C22H26N2O3S2/c25-22(23-12-15-24-13-5-2-6-14-24)18-10-7-11-20-21(18)19(16-29(20,26)27)28-17-8-3-1-4-9-17/h1,3-4,7-11,19H,2,5-6,12-16H2,(H,23,25). The maximum absolute atomic E-state index is 12.9. The van der Waals surface area contributed by atoms with E-state index in [1.54, 1.807) is 18.2 Å². The highest BCUT2D eigenvalue weighted by atomic mass is 32.2. The minimum atomic E-state index is -3.38. The molecule has 2 heterocycles. The SMILES string of the molecule is O=C(NCCN1CCCCC1)c1cccc2c1C(Sc1ccccc1)CS2(=O)=O. The van der Waals surface area contributed by atoms with Crippen molar-refractivity contribution in [1.29, 1.82) is 0 Å². The van der Waals surface area contributed by atoms with Crippen LogP contribution in [0.4, 0.5) is 0 Å². The van der Waals surface area contributed by atoms with Crippen molar-refractivity contribution in [3.8, 4) is 0 Å². The fourth-order valence-corrected chi connectivity index (χ4v) is 7.60. The van der Waals surface area contributed by atoms with Gasteiger partial charge in [-0.3, -0.25) is 4.79 Å². The number of carbonyl (C=O) groups is 1. The van der Waals surface area contributed by atoms with E-state index in [1.165, 1.54) is 31.0 Å². The Kier molecular flexibility index (Phi) is 6.27. The zero-order valence-electron chi connectivity index (χ0n) is 16.3. The van der Waals surface area contributed by atoms with E-state index in [0.29, 0.717) is 22.6 Å². The molecule has 5 nitrogen and oxygen atoms in total. The fourth-order valence-electron chi connectivity index (χ4n) is 4.08.